The van der Waals surface area contributed by atoms with Crippen LogP contribution in [-0.2, 0) is 7.05 Å². The number of benzene rings is 1. The van der Waals surface area contributed by atoms with Gasteiger partial charge in [-0.3, -0.25) is 10.1 Å². The molecule has 0 spiro atoms. The molecule has 1 fully saturated rings. The van der Waals surface area contributed by atoms with Crippen molar-refractivity contribution in [2.45, 2.75) is 25.7 Å². The minimum atomic E-state index is -0.332. The molecule has 10 heteroatoms. The first-order valence-corrected chi connectivity index (χ1v) is 9.65. The largest absolute Gasteiger partial charge is 0.317 e. The van der Waals surface area contributed by atoms with Crippen LogP contribution in [0, 0.1) is 6.92 Å². The van der Waals surface area contributed by atoms with Crippen LogP contribution in [-0.4, -0.2) is 43.5 Å². The number of amides is 1. The van der Waals surface area contributed by atoms with Gasteiger partial charge in [-0.1, -0.05) is 23.7 Å². The number of nitrogens with zero attached hydrogens (tertiary/aromatic N) is 5. The molecule has 3 heterocycles. The van der Waals surface area contributed by atoms with Crippen molar-refractivity contribution in [3.63, 3.8) is 0 Å². The van der Waals surface area contributed by atoms with Gasteiger partial charge in [0.25, 0.3) is 5.91 Å². The van der Waals surface area contributed by atoms with E-state index in [1.165, 1.54) is 0 Å². The Balaban J connectivity index is 0.00000240. The molecule has 0 bridgehead atoms. The number of aromatic nitrogens is 5. The van der Waals surface area contributed by atoms with Gasteiger partial charge in [0.2, 0.25) is 5.95 Å². The van der Waals surface area contributed by atoms with Gasteiger partial charge in [-0.2, -0.15) is 15.2 Å². The van der Waals surface area contributed by atoms with E-state index in [1.807, 2.05) is 25.1 Å². The average molecular weight is 436 g/mol. The molecule has 0 aliphatic carbocycles. The molecule has 3 aromatic rings. The van der Waals surface area contributed by atoms with E-state index in [4.69, 9.17) is 11.6 Å². The van der Waals surface area contributed by atoms with E-state index in [1.54, 1.807) is 28.5 Å². The minimum absolute atomic E-state index is 0. The number of rotatable bonds is 4. The minimum Gasteiger partial charge on any atom is -0.317 e. The molecule has 1 amide bonds. The summed E-state index contributed by atoms with van der Waals surface area (Å²) in [4.78, 5) is 17.3. The Bertz CT molecular complexity index is 1010. The lowest BCUT2D eigenvalue weighted by atomic mass is 9.98. The molecule has 2 N–H and O–H groups in total. The van der Waals surface area contributed by atoms with Gasteiger partial charge in [0.1, 0.15) is 0 Å². The van der Waals surface area contributed by atoms with Crippen LogP contribution in [0.3, 0.4) is 0 Å². The topological polar surface area (TPSA) is 89.7 Å². The number of aryl methyl sites for hydroxylation is 2. The van der Waals surface area contributed by atoms with Crippen LogP contribution in [0.4, 0.5) is 5.95 Å². The first-order chi connectivity index (χ1) is 13.5. The molecule has 4 rings (SSSR count). The Kier molecular flexibility index (Phi) is 6.56. The molecule has 1 aliphatic heterocycles. The lowest BCUT2D eigenvalue weighted by Crippen LogP contribution is -2.27. The summed E-state index contributed by atoms with van der Waals surface area (Å²) in [6.45, 7) is 3.80. The molecule has 0 atom stereocenters. The van der Waals surface area contributed by atoms with Crippen molar-refractivity contribution >= 4 is 35.9 Å². The lowest BCUT2D eigenvalue weighted by Gasteiger charge is -2.19. The molecule has 0 saturated carbocycles. The Morgan fingerprint density at radius 1 is 1.24 bits per heavy atom. The summed E-state index contributed by atoms with van der Waals surface area (Å²) in [5, 5.41) is 15.6. The predicted octanol–water partition coefficient (Wildman–Crippen LogP) is 3.10. The summed E-state index contributed by atoms with van der Waals surface area (Å²) in [6, 6.07) is 9.11. The van der Waals surface area contributed by atoms with Crippen LogP contribution < -0.4 is 10.6 Å². The molecule has 1 aliphatic rings. The first kappa shape index (κ1) is 21.3. The van der Waals surface area contributed by atoms with Crippen molar-refractivity contribution in [3.8, 4) is 5.69 Å². The highest BCUT2D eigenvalue weighted by Gasteiger charge is 2.22. The number of para-hydroxylation sites is 1. The number of carbonyl (C=O) groups excluding carboxylic acids is 1. The molecule has 8 nitrogen and oxygen atoms in total. The second kappa shape index (κ2) is 8.94. The van der Waals surface area contributed by atoms with Gasteiger partial charge in [0.05, 0.1) is 10.7 Å². The van der Waals surface area contributed by atoms with E-state index in [0.717, 1.165) is 43.1 Å². The fourth-order valence-electron chi connectivity index (χ4n) is 3.38. The van der Waals surface area contributed by atoms with E-state index in [9.17, 15) is 4.79 Å². The number of halogens is 2. The number of piperidine rings is 1. The second-order valence-electron chi connectivity index (χ2n) is 6.93. The zero-order valence-corrected chi connectivity index (χ0v) is 17.8. The van der Waals surface area contributed by atoms with E-state index in [-0.39, 0.29) is 18.3 Å². The third kappa shape index (κ3) is 4.44. The highest BCUT2D eigenvalue weighted by atomic mass is 35.5. The molecular weight excluding hydrogens is 413 g/mol. The van der Waals surface area contributed by atoms with Crippen LogP contribution in [0.2, 0.25) is 5.02 Å². The van der Waals surface area contributed by atoms with Crippen LogP contribution in [0.15, 0.2) is 30.3 Å². The van der Waals surface area contributed by atoms with E-state index in [0.29, 0.717) is 22.6 Å². The molecule has 154 valence electrons. The lowest BCUT2D eigenvalue weighted by molar-refractivity contribution is 0.102. The van der Waals surface area contributed by atoms with Crippen molar-refractivity contribution < 1.29 is 4.79 Å². The third-order valence-corrected chi connectivity index (χ3v) is 5.23. The molecule has 29 heavy (non-hydrogen) atoms. The Hall–Kier alpha value is -2.42. The maximum Gasteiger partial charge on any atom is 0.278 e. The van der Waals surface area contributed by atoms with Crippen molar-refractivity contribution in [1.29, 1.82) is 0 Å². The fraction of sp³-hybridized carbons (Fsp3) is 0.368. The maximum absolute atomic E-state index is 12.7. The average Bonchev–Trinajstić information content (AvgIpc) is 3.26. The van der Waals surface area contributed by atoms with Gasteiger partial charge >= 0.3 is 0 Å². The molecule has 1 saturated heterocycles. The normalized spacial score (nSPS) is 14.4. The van der Waals surface area contributed by atoms with Crippen molar-refractivity contribution in [1.82, 2.24) is 29.9 Å². The number of hydrogen-bond donors (Lipinski definition) is 2. The SMILES string of the molecule is Cc1cc(C(=O)Nc2nc(C3CCNCC3)nn2C)nn1-c1ccccc1Cl.Cl. The molecule has 0 radical (unpaired) electrons. The zero-order chi connectivity index (χ0) is 19.7. The van der Waals surface area contributed by atoms with Gasteiger partial charge in [-0.25, -0.2) is 9.36 Å². The van der Waals surface area contributed by atoms with E-state index < -0.39 is 0 Å². The monoisotopic (exact) mass is 435 g/mol. The third-order valence-electron chi connectivity index (χ3n) is 4.91. The fourth-order valence-corrected chi connectivity index (χ4v) is 3.60. The van der Waals surface area contributed by atoms with Crippen LogP contribution >= 0.6 is 24.0 Å². The highest BCUT2D eigenvalue weighted by Crippen LogP contribution is 2.24. The van der Waals surface area contributed by atoms with Gasteiger partial charge < -0.3 is 5.32 Å². The number of carbonyl (C=O) groups is 1. The second-order valence-corrected chi connectivity index (χ2v) is 7.34. The summed E-state index contributed by atoms with van der Waals surface area (Å²) in [5.74, 6) is 1.18. The summed E-state index contributed by atoms with van der Waals surface area (Å²) in [7, 11) is 1.78. The predicted molar refractivity (Wildman–Crippen MR) is 114 cm³/mol. The van der Waals surface area contributed by atoms with E-state index >= 15 is 0 Å². The summed E-state index contributed by atoms with van der Waals surface area (Å²) >= 11 is 6.26. The Morgan fingerprint density at radius 3 is 2.69 bits per heavy atom. The molecule has 2 aromatic heterocycles. The standard InChI is InChI=1S/C19H22ClN7O.ClH/c1-12-11-15(24-27(12)16-6-4-3-5-14(16)20)18(28)23-19-22-17(25-26(19)2)13-7-9-21-10-8-13;/h3-6,11,13,21H,7-10H2,1-2H3,(H,22,23,25,28);1H. The summed E-state index contributed by atoms with van der Waals surface area (Å²) in [5.41, 5.74) is 1.84. The van der Waals surface area contributed by atoms with Crippen molar-refractivity contribution in [2.75, 3.05) is 18.4 Å². The maximum atomic E-state index is 12.7. The Morgan fingerprint density at radius 2 is 1.97 bits per heavy atom. The van der Waals surface area contributed by atoms with Crippen LogP contribution in [0.25, 0.3) is 5.69 Å². The van der Waals surface area contributed by atoms with Crippen molar-refractivity contribution in [2.24, 2.45) is 7.05 Å². The number of nitrogens with one attached hydrogen (secondary N) is 2. The van der Waals surface area contributed by atoms with Gasteiger partial charge in [0.15, 0.2) is 11.5 Å². The Labute approximate surface area is 180 Å². The smallest absolute Gasteiger partial charge is 0.278 e. The zero-order valence-electron chi connectivity index (χ0n) is 16.2. The van der Waals surface area contributed by atoms with Gasteiger partial charge in [-0.05, 0) is 51.1 Å². The first-order valence-electron chi connectivity index (χ1n) is 9.27. The van der Waals surface area contributed by atoms with Gasteiger partial charge in [0, 0.05) is 18.7 Å². The molecule has 1 aromatic carbocycles. The van der Waals surface area contributed by atoms with Crippen LogP contribution in [0.1, 0.15) is 40.8 Å². The van der Waals surface area contributed by atoms with Crippen LogP contribution in [0.5, 0.6) is 0 Å². The van der Waals surface area contributed by atoms with Gasteiger partial charge in [-0.15, -0.1) is 12.4 Å². The molecule has 0 unspecified atom stereocenters. The number of hydrogen-bond acceptors (Lipinski definition) is 5. The summed E-state index contributed by atoms with van der Waals surface area (Å²) in [6.07, 6.45) is 2.00. The van der Waals surface area contributed by atoms with Crippen molar-refractivity contribution in [3.05, 3.63) is 52.6 Å². The van der Waals surface area contributed by atoms with E-state index in [2.05, 4.69) is 25.8 Å². The highest BCUT2D eigenvalue weighted by molar-refractivity contribution is 6.32. The quantitative estimate of drug-likeness (QED) is 0.656. The molecular formula is C19H23Cl2N7O. The summed E-state index contributed by atoms with van der Waals surface area (Å²) < 4.78 is 3.27. The number of anilines is 1.